The molecule has 5 nitrogen and oxygen atoms in total. The van der Waals surface area contributed by atoms with E-state index in [1.54, 1.807) is 19.9 Å². The summed E-state index contributed by atoms with van der Waals surface area (Å²) in [6.45, 7) is 3.39. The second kappa shape index (κ2) is 9.15. The molecule has 0 bridgehead atoms. The van der Waals surface area contributed by atoms with Gasteiger partial charge in [0.05, 0.1) is 27.8 Å². The third kappa shape index (κ3) is 5.19. The Hall–Kier alpha value is -2.77. The van der Waals surface area contributed by atoms with Crippen LogP contribution in [0.4, 0.5) is 15.8 Å². The van der Waals surface area contributed by atoms with Crippen molar-refractivity contribution in [1.29, 1.82) is 0 Å². The van der Waals surface area contributed by atoms with Crippen molar-refractivity contribution in [3.05, 3.63) is 77.0 Å². The molecule has 1 unspecified atom stereocenters. The Morgan fingerprint density at radius 2 is 1.90 bits per heavy atom. The van der Waals surface area contributed by atoms with E-state index >= 15 is 0 Å². The summed E-state index contributed by atoms with van der Waals surface area (Å²) in [7, 11) is 0. The van der Waals surface area contributed by atoms with Crippen molar-refractivity contribution >= 4 is 46.6 Å². The standard InChI is InChI=1S/C21H18ClFN2O3S/c1-12-15(9-10-28-12)21(27)25-18-11-14(7-8-17(18)23)24-20(26)13(2)29-19-6-4-3-5-16(19)22/h3-11,13H,1-2H3,(H,24,26)(H,25,27). The Kier molecular flexibility index (Phi) is 6.61. The van der Waals surface area contributed by atoms with Crippen molar-refractivity contribution < 1.29 is 18.4 Å². The van der Waals surface area contributed by atoms with Gasteiger partial charge in [0.1, 0.15) is 11.6 Å². The van der Waals surface area contributed by atoms with Crippen molar-refractivity contribution in [2.24, 2.45) is 0 Å². The maximum absolute atomic E-state index is 14.1. The Morgan fingerprint density at radius 3 is 2.59 bits per heavy atom. The van der Waals surface area contributed by atoms with Gasteiger partial charge in [-0.25, -0.2) is 4.39 Å². The summed E-state index contributed by atoms with van der Waals surface area (Å²) in [5.41, 5.74) is 0.630. The van der Waals surface area contributed by atoms with Gasteiger partial charge in [-0.15, -0.1) is 11.8 Å². The average Bonchev–Trinajstić information content (AvgIpc) is 3.12. The van der Waals surface area contributed by atoms with Crippen molar-refractivity contribution in [2.45, 2.75) is 24.0 Å². The molecule has 0 saturated carbocycles. The van der Waals surface area contributed by atoms with Crippen LogP contribution in [0.5, 0.6) is 0 Å². The molecule has 0 spiro atoms. The van der Waals surface area contributed by atoms with Crippen LogP contribution < -0.4 is 10.6 Å². The topological polar surface area (TPSA) is 71.3 Å². The normalized spacial score (nSPS) is 11.7. The minimum Gasteiger partial charge on any atom is -0.469 e. The molecule has 1 atom stereocenters. The van der Waals surface area contributed by atoms with E-state index in [1.165, 1.54) is 42.3 Å². The molecule has 29 heavy (non-hydrogen) atoms. The van der Waals surface area contributed by atoms with E-state index in [0.29, 0.717) is 22.0 Å². The molecular weight excluding hydrogens is 415 g/mol. The first-order valence-electron chi connectivity index (χ1n) is 8.72. The van der Waals surface area contributed by atoms with E-state index in [1.807, 2.05) is 18.2 Å². The fraction of sp³-hybridized carbons (Fsp3) is 0.143. The van der Waals surface area contributed by atoms with Gasteiger partial charge < -0.3 is 15.1 Å². The Bertz CT molecular complexity index is 1050. The van der Waals surface area contributed by atoms with Gasteiger partial charge in [-0.1, -0.05) is 23.7 Å². The number of rotatable bonds is 6. The summed E-state index contributed by atoms with van der Waals surface area (Å²) in [4.78, 5) is 25.6. The van der Waals surface area contributed by atoms with Crippen LogP contribution in [0.1, 0.15) is 23.0 Å². The molecule has 2 aromatic carbocycles. The van der Waals surface area contributed by atoms with Crippen molar-refractivity contribution in [3.63, 3.8) is 0 Å². The largest absolute Gasteiger partial charge is 0.469 e. The van der Waals surface area contributed by atoms with E-state index in [4.69, 9.17) is 16.0 Å². The van der Waals surface area contributed by atoms with Crippen LogP contribution in [-0.4, -0.2) is 17.1 Å². The van der Waals surface area contributed by atoms with Crippen LogP contribution in [-0.2, 0) is 4.79 Å². The lowest BCUT2D eigenvalue weighted by atomic mass is 10.2. The molecule has 0 aliphatic heterocycles. The van der Waals surface area contributed by atoms with Gasteiger partial charge in [0.2, 0.25) is 5.91 Å². The Balaban J connectivity index is 1.69. The zero-order valence-corrected chi connectivity index (χ0v) is 17.2. The highest BCUT2D eigenvalue weighted by atomic mass is 35.5. The zero-order chi connectivity index (χ0) is 21.0. The maximum atomic E-state index is 14.1. The minimum atomic E-state index is -0.615. The van der Waals surface area contributed by atoms with Gasteiger partial charge in [0, 0.05) is 10.6 Å². The molecule has 3 rings (SSSR count). The summed E-state index contributed by atoms with van der Waals surface area (Å²) < 4.78 is 19.2. The monoisotopic (exact) mass is 432 g/mol. The second-order valence-corrected chi connectivity index (χ2v) is 8.01. The fourth-order valence-corrected chi connectivity index (χ4v) is 3.69. The maximum Gasteiger partial charge on any atom is 0.259 e. The van der Waals surface area contributed by atoms with Crippen LogP contribution in [0, 0.1) is 12.7 Å². The van der Waals surface area contributed by atoms with E-state index in [2.05, 4.69) is 10.6 Å². The molecule has 0 aliphatic carbocycles. The molecule has 150 valence electrons. The first-order valence-corrected chi connectivity index (χ1v) is 9.98. The highest BCUT2D eigenvalue weighted by Gasteiger charge is 2.18. The molecule has 1 heterocycles. The molecule has 0 saturated heterocycles. The first kappa shape index (κ1) is 21.0. The lowest BCUT2D eigenvalue weighted by Crippen LogP contribution is -2.22. The number of benzene rings is 2. The summed E-state index contributed by atoms with van der Waals surface area (Å²) in [5.74, 6) is -0.959. The van der Waals surface area contributed by atoms with Gasteiger partial charge in [0.15, 0.2) is 0 Å². The van der Waals surface area contributed by atoms with Crippen LogP contribution in [0.3, 0.4) is 0 Å². The molecule has 0 radical (unpaired) electrons. The first-order chi connectivity index (χ1) is 13.8. The van der Waals surface area contributed by atoms with Crippen LogP contribution >= 0.6 is 23.4 Å². The smallest absolute Gasteiger partial charge is 0.259 e. The predicted octanol–water partition coefficient (Wildman–Crippen LogP) is 5.75. The number of amides is 2. The van der Waals surface area contributed by atoms with Crippen LogP contribution in [0.25, 0.3) is 0 Å². The third-order valence-electron chi connectivity index (χ3n) is 4.10. The predicted molar refractivity (Wildman–Crippen MR) is 113 cm³/mol. The number of aryl methyl sites for hydroxylation is 1. The molecule has 0 aliphatic rings. The number of anilines is 2. The number of thioether (sulfide) groups is 1. The summed E-state index contributed by atoms with van der Waals surface area (Å²) in [6.07, 6.45) is 1.38. The van der Waals surface area contributed by atoms with Crippen LogP contribution in [0.2, 0.25) is 5.02 Å². The SMILES string of the molecule is Cc1occc1C(=O)Nc1cc(NC(=O)C(C)Sc2ccccc2Cl)ccc1F. The van der Waals surface area contributed by atoms with Crippen molar-refractivity contribution in [2.75, 3.05) is 10.6 Å². The van der Waals surface area contributed by atoms with Gasteiger partial charge in [-0.2, -0.15) is 0 Å². The minimum absolute atomic E-state index is 0.0418. The summed E-state index contributed by atoms with van der Waals surface area (Å²) in [6, 6.07) is 12.7. The molecule has 2 amide bonds. The number of hydrogen-bond donors (Lipinski definition) is 2. The van der Waals surface area contributed by atoms with Crippen molar-refractivity contribution in [3.8, 4) is 0 Å². The Labute approximate surface area is 176 Å². The quantitative estimate of drug-likeness (QED) is 0.486. The summed E-state index contributed by atoms with van der Waals surface area (Å²) >= 11 is 7.45. The fourth-order valence-electron chi connectivity index (χ4n) is 2.54. The van der Waals surface area contributed by atoms with E-state index in [0.717, 1.165) is 4.90 Å². The Morgan fingerprint density at radius 1 is 1.14 bits per heavy atom. The van der Waals surface area contributed by atoms with Gasteiger partial charge in [0.25, 0.3) is 5.91 Å². The van der Waals surface area contributed by atoms with Crippen LogP contribution in [0.15, 0.2) is 64.1 Å². The molecule has 3 aromatic rings. The number of halogens is 2. The van der Waals surface area contributed by atoms with Gasteiger partial charge >= 0.3 is 0 Å². The molecule has 0 fully saturated rings. The number of carbonyl (C=O) groups is 2. The van der Waals surface area contributed by atoms with E-state index < -0.39 is 17.0 Å². The van der Waals surface area contributed by atoms with Gasteiger partial charge in [-0.05, 0) is 50.2 Å². The number of furan rings is 1. The lowest BCUT2D eigenvalue weighted by Gasteiger charge is -2.14. The third-order valence-corrected chi connectivity index (χ3v) is 5.71. The lowest BCUT2D eigenvalue weighted by molar-refractivity contribution is -0.115. The average molecular weight is 433 g/mol. The zero-order valence-electron chi connectivity index (χ0n) is 15.7. The molecule has 1 aromatic heterocycles. The second-order valence-electron chi connectivity index (χ2n) is 6.22. The summed E-state index contributed by atoms with van der Waals surface area (Å²) in [5, 5.41) is 5.35. The number of carbonyl (C=O) groups excluding carboxylic acids is 2. The molecular formula is C21H18ClFN2O3S. The number of nitrogens with one attached hydrogen (secondary N) is 2. The molecule has 2 N–H and O–H groups in total. The van der Waals surface area contributed by atoms with E-state index in [9.17, 15) is 14.0 Å². The van der Waals surface area contributed by atoms with E-state index in [-0.39, 0.29) is 11.6 Å². The highest BCUT2D eigenvalue weighted by Crippen LogP contribution is 2.31. The molecule has 8 heteroatoms. The van der Waals surface area contributed by atoms with Crippen molar-refractivity contribution in [1.82, 2.24) is 0 Å². The number of hydrogen-bond acceptors (Lipinski definition) is 4. The van der Waals surface area contributed by atoms with Gasteiger partial charge in [-0.3, -0.25) is 9.59 Å². The highest BCUT2D eigenvalue weighted by molar-refractivity contribution is 8.00.